The number of aryl methyl sites for hydroxylation is 1. The number of aromatic nitrogens is 2. The van der Waals surface area contributed by atoms with Crippen molar-refractivity contribution < 1.29 is 13.2 Å². The molecule has 7 nitrogen and oxygen atoms in total. The molecule has 1 saturated heterocycles. The van der Waals surface area contributed by atoms with E-state index in [9.17, 15) is 13.2 Å². The van der Waals surface area contributed by atoms with Crippen molar-refractivity contribution in [3.63, 3.8) is 0 Å². The Morgan fingerprint density at radius 1 is 1.60 bits per heavy atom. The molecular formula is C11H15ClN4O3S. The van der Waals surface area contributed by atoms with E-state index in [1.54, 1.807) is 6.92 Å². The molecule has 0 bridgehead atoms. The highest BCUT2D eigenvalue weighted by Gasteiger charge is 2.31. The molecular weight excluding hydrogens is 304 g/mol. The van der Waals surface area contributed by atoms with E-state index in [4.69, 9.17) is 11.6 Å². The van der Waals surface area contributed by atoms with Gasteiger partial charge in [0.15, 0.2) is 9.84 Å². The number of rotatable bonds is 3. The highest BCUT2D eigenvalue weighted by Crippen LogP contribution is 2.29. The molecule has 0 aromatic carbocycles. The summed E-state index contributed by atoms with van der Waals surface area (Å²) in [5.41, 5.74) is 3.49. The standard InChI is InChI=1S/C11H15ClN4O3S/c1-7-10(5-13-14-8(2)17)11(12)16(15-7)9-3-4-20(18,19)6-9/h5,9H,3-4,6H2,1-2H3,(H,14,17)/b13-5-/t9-/m0/s1. The first kappa shape index (κ1) is 15.0. The fraction of sp³-hybridized carbons (Fsp3) is 0.545. The quantitative estimate of drug-likeness (QED) is 0.655. The molecule has 1 atom stereocenters. The number of nitrogens with zero attached hydrogens (tertiary/aromatic N) is 3. The third-order valence-electron chi connectivity index (χ3n) is 3.04. The summed E-state index contributed by atoms with van der Waals surface area (Å²) in [4.78, 5) is 10.7. The first-order valence-electron chi connectivity index (χ1n) is 6.05. The fourth-order valence-electron chi connectivity index (χ4n) is 2.08. The van der Waals surface area contributed by atoms with Gasteiger partial charge < -0.3 is 0 Å². The van der Waals surface area contributed by atoms with Crippen LogP contribution in [0.5, 0.6) is 0 Å². The summed E-state index contributed by atoms with van der Waals surface area (Å²) in [6.07, 6.45) is 1.91. The van der Waals surface area contributed by atoms with Crippen LogP contribution in [0.2, 0.25) is 5.15 Å². The van der Waals surface area contributed by atoms with E-state index in [-0.39, 0.29) is 23.5 Å². The molecule has 1 aromatic rings. The first-order chi connectivity index (χ1) is 9.30. The van der Waals surface area contributed by atoms with Crippen molar-refractivity contribution >= 4 is 33.6 Å². The molecule has 20 heavy (non-hydrogen) atoms. The molecule has 0 radical (unpaired) electrons. The average molecular weight is 319 g/mol. The van der Waals surface area contributed by atoms with Gasteiger partial charge in [0.25, 0.3) is 0 Å². The van der Waals surface area contributed by atoms with Crippen LogP contribution in [0, 0.1) is 6.92 Å². The highest BCUT2D eigenvalue weighted by atomic mass is 35.5. The van der Waals surface area contributed by atoms with Gasteiger partial charge >= 0.3 is 0 Å². The van der Waals surface area contributed by atoms with E-state index in [1.165, 1.54) is 17.8 Å². The van der Waals surface area contributed by atoms with Crippen LogP contribution >= 0.6 is 11.6 Å². The molecule has 1 aliphatic rings. The molecule has 1 aliphatic heterocycles. The Hall–Kier alpha value is -1.41. The van der Waals surface area contributed by atoms with E-state index in [1.807, 2.05) is 0 Å². The van der Waals surface area contributed by atoms with Crippen LogP contribution in [-0.4, -0.2) is 41.8 Å². The summed E-state index contributed by atoms with van der Waals surface area (Å²) in [6.45, 7) is 3.10. The number of carbonyl (C=O) groups is 1. The molecule has 0 spiro atoms. The maximum atomic E-state index is 11.5. The Bertz CT molecular complexity index is 665. The van der Waals surface area contributed by atoms with Gasteiger partial charge in [-0.05, 0) is 13.3 Å². The minimum atomic E-state index is -3.00. The van der Waals surface area contributed by atoms with Gasteiger partial charge in [-0.1, -0.05) is 11.6 Å². The Morgan fingerprint density at radius 3 is 2.85 bits per heavy atom. The Balaban J connectivity index is 2.25. The van der Waals surface area contributed by atoms with Crippen molar-refractivity contribution in [2.24, 2.45) is 5.10 Å². The molecule has 1 aromatic heterocycles. The monoisotopic (exact) mass is 318 g/mol. The second-order valence-electron chi connectivity index (χ2n) is 4.72. The number of halogens is 1. The van der Waals surface area contributed by atoms with Gasteiger partial charge in [0.1, 0.15) is 5.15 Å². The lowest BCUT2D eigenvalue weighted by atomic mass is 10.2. The summed E-state index contributed by atoms with van der Waals surface area (Å²) >= 11 is 6.22. The van der Waals surface area contributed by atoms with E-state index in [2.05, 4.69) is 15.6 Å². The molecule has 1 N–H and O–H groups in total. The molecule has 0 unspecified atom stereocenters. The summed E-state index contributed by atoms with van der Waals surface area (Å²) in [6, 6.07) is -0.242. The molecule has 0 saturated carbocycles. The fourth-order valence-corrected chi connectivity index (χ4v) is 4.13. The molecule has 1 fully saturated rings. The van der Waals surface area contributed by atoms with E-state index in [0.717, 1.165) is 0 Å². The van der Waals surface area contributed by atoms with Crippen molar-refractivity contribution in [2.75, 3.05) is 11.5 Å². The van der Waals surface area contributed by atoms with Gasteiger partial charge in [-0.25, -0.2) is 18.5 Å². The minimum Gasteiger partial charge on any atom is -0.274 e. The topological polar surface area (TPSA) is 93.4 Å². The van der Waals surface area contributed by atoms with Crippen LogP contribution in [0.25, 0.3) is 0 Å². The van der Waals surface area contributed by atoms with E-state index in [0.29, 0.717) is 22.8 Å². The van der Waals surface area contributed by atoms with Gasteiger partial charge in [0.05, 0.1) is 35.0 Å². The SMILES string of the molecule is CC(=O)N/N=C\c1c(C)nn([C@H]2CCS(=O)(=O)C2)c1Cl. The van der Waals surface area contributed by atoms with Crippen LogP contribution < -0.4 is 5.43 Å². The number of hydrogen-bond acceptors (Lipinski definition) is 5. The van der Waals surface area contributed by atoms with Crippen LogP contribution in [-0.2, 0) is 14.6 Å². The third-order valence-corrected chi connectivity index (χ3v) is 5.17. The summed E-state index contributed by atoms with van der Waals surface area (Å²) in [5, 5.41) is 8.35. The lowest BCUT2D eigenvalue weighted by molar-refractivity contribution is -0.118. The Labute approximate surface area is 121 Å². The number of amides is 1. The molecule has 0 aliphatic carbocycles. The molecule has 9 heteroatoms. The van der Waals surface area contributed by atoms with Gasteiger partial charge in [0.2, 0.25) is 5.91 Å². The van der Waals surface area contributed by atoms with E-state index < -0.39 is 9.84 Å². The lowest BCUT2D eigenvalue weighted by Gasteiger charge is -2.09. The average Bonchev–Trinajstić information content (AvgIpc) is 2.82. The number of carbonyl (C=O) groups excluding carboxylic acids is 1. The van der Waals surface area contributed by atoms with Crippen molar-refractivity contribution in [1.82, 2.24) is 15.2 Å². The first-order valence-corrected chi connectivity index (χ1v) is 8.25. The van der Waals surface area contributed by atoms with Gasteiger partial charge in [-0.2, -0.15) is 10.2 Å². The van der Waals surface area contributed by atoms with Crippen molar-refractivity contribution in [2.45, 2.75) is 26.3 Å². The number of hydrogen-bond donors (Lipinski definition) is 1. The van der Waals surface area contributed by atoms with Crippen molar-refractivity contribution in [1.29, 1.82) is 0 Å². The zero-order valence-electron chi connectivity index (χ0n) is 11.1. The van der Waals surface area contributed by atoms with Crippen molar-refractivity contribution in [3.05, 3.63) is 16.4 Å². The number of hydrazone groups is 1. The zero-order valence-corrected chi connectivity index (χ0v) is 12.7. The highest BCUT2D eigenvalue weighted by molar-refractivity contribution is 7.91. The number of sulfone groups is 1. The van der Waals surface area contributed by atoms with Crippen LogP contribution in [0.3, 0.4) is 0 Å². The normalized spacial score (nSPS) is 21.4. The van der Waals surface area contributed by atoms with Crippen molar-refractivity contribution in [3.8, 4) is 0 Å². The molecule has 1 amide bonds. The zero-order chi connectivity index (χ0) is 14.9. The molecule has 110 valence electrons. The third kappa shape index (κ3) is 3.18. The second kappa shape index (κ2) is 5.53. The molecule has 2 heterocycles. The predicted octanol–water partition coefficient (Wildman–Crippen LogP) is 0.675. The van der Waals surface area contributed by atoms with Crippen LogP contribution in [0.4, 0.5) is 0 Å². The van der Waals surface area contributed by atoms with Crippen LogP contribution in [0.1, 0.15) is 30.6 Å². The van der Waals surface area contributed by atoms with Gasteiger partial charge in [0, 0.05) is 6.92 Å². The Morgan fingerprint density at radius 2 is 2.30 bits per heavy atom. The Kier molecular flexibility index (Phi) is 4.14. The van der Waals surface area contributed by atoms with Gasteiger partial charge in [-0.15, -0.1) is 0 Å². The number of nitrogens with one attached hydrogen (secondary N) is 1. The molecule has 2 rings (SSSR count). The summed E-state index contributed by atoms with van der Waals surface area (Å²) in [7, 11) is -3.00. The second-order valence-corrected chi connectivity index (χ2v) is 7.30. The summed E-state index contributed by atoms with van der Waals surface area (Å²) in [5.74, 6) is -0.0810. The van der Waals surface area contributed by atoms with E-state index >= 15 is 0 Å². The minimum absolute atomic E-state index is 0.0517. The maximum absolute atomic E-state index is 11.5. The predicted molar refractivity (Wildman–Crippen MR) is 75.7 cm³/mol. The maximum Gasteiger partial charge on any atom is 0.236 e. The van der Waals surface area contributed by atoms with Gasteiger partial charge in [-0.3, -0.25) is 4.79 Å². The lowest BCUT2D eigenvalue weighted by Crippen LogP contribution is -2.13. The van der Waals surface area contributed by atoms with Crippen LogP contribution in [0.15, 0.2) is 5.10 Å². The smallest absolute Gasteiger partial charge is 0.236 e. The summed E-state index contributed by atoms with van der Waals surface area (Å²) < 4.78 is 24.5. The largest absolute Gasteiger partial charge is 0.274 e.